The predicted molar refractivity (Wildman–Crippen MR) is 62.4 cm³/mol. The highest BCUT2D eigenvalue weighted by Crippen LogP contribution is 2.16. The van der Waals surface area contributed by atoms with E-state index in [1.807, 2.05) is 13.0 Å². The molecule has 1 atom stereocenters. The van der Waals surface area contributed by atoms with Crippen LogP contribution in [0.5, 0.6) is 0 Å². The van der Waals surface area contributed by atoms with Crippen LogP contribution >= 0.6 is 0 Å². The van der Waals surface area contributed by atoms with Crippen LogP contribution in [0.4, 0.5) is 0 Å². The van der Waals surface area contributed by atoms with Crippen molar-refractivity contribution in [3.05, 3.63) is 18.0 Å². The van der Waals surface area contributed by atoms with Gasteiger partial charge in [0.2, 0.25) is 0 Å². The Balaban J connectivity index is 1.87. The normalized spacial score (nSPS) is 20.2. The van der Waals surface area contributed by atoms with Crippen LogP contribution in [-0.2, 0) is 6.54 Å². The second kappa shape index (κ2) is 5.25. The van der Waals surface area contributed by atoms with Crippen LogP contribution in [0.15, 0.2) is 12.3 Å². The molecular formula is C12H19N3O. The fourth-order valence-electron chi connectivity index (χ4n) is 2.25. The molecule has 1 saturated heterocycles. The molecule has 88 valence electrons. The molecule has 0 radical (unpaired) electrons. The van der Waals surface area contributed by atoms with Crippen LogP contribution in [0, 0.1) is 5.92 Å². The minimum atomic E-state index is 0.228. The van der Waals surface area contributed by atoms with Crippen molar-refractivity contribution in [2.75, 3.05) is 13.1 Å². The number of aryl methyl sites for hydroxylation is 1. The zero-order valence-corrected chi connectivity index (χ0v) is 9.78. The molecule has 0 spiro atoms. The third kappa shape index (κ3) is 2.50. The molecule has 2 heterocycles. The molecule has 16 heavy (non-hydrogen) atoms. The summed E-state index contributed by atoms with van der Waals surface area (Å²) in [6.07, 6.45) is 4.56. The smallest absolute Gasteiger partial charge is 0.180 e. The fourth-order valence-corrected chi connectivity index (χ4v) is 2.25. The maximum Gasteiger partial charge on any atom is 0.180 e. The number of nitrogens with one attached hydrogen (secondary N) is 1. The number of Topliss-reactive ketones (excluding diaryl/α,β-unsaturated/α-hetero) is 1. The number of nitrogens with zero attached hydrogens (tertiary/aromatic N) is 2. The summed E-state index contributed by atoms with van der Waals surface area (Å²) in [6.45, 7) is 4.94. The number of ketones is 1. The van der Waals surface area contributed by atoms with E-state index in [9.17, 15) is 4.79 Å². The molecule has 1 N–H and O–H groups in total. The first kappa shape index (κ1) is 11.3. The summed E-state index contributed by atoms with van der Waals surface area (Å²) in [5, 5.41) is 7.44. The van der Waals surface area contributed by atoms with Gasteiger partial charge >= 0.3 is 0 Å². The summed E-state index contributed by atoms with van der Waals surface area (Å²) in [4.78, 5) is 12.0. The predicted octanol–water partition coefficient (Wildman–Crippen LogP) is 1.48. The largest absolute Gasteiger partial charge is 0.316 e. The standard InChI is InChI=1S/C12H19N3O/c1-2-15-11(6-8-14-15)12(16)4-3-10-5-7-13-9-10/h6,8,10,13H,2-5,7,9H2,1H3. The second-order valence-corrected chi connectivity index (χ2v) is 4.35. The van der Waals surface area contributed by atoms with Crippen molar-refractivity contribution >= 4 is 5.78 Å². The van der Waals surface area contributed by atoms with E-state index >= 15 is 0 Å². The topological polar surface area (TPSA) is 46.9 Å². The fraction of sp³-hybridized carbons (Fsp3) is 0.667. The molecule has 4 heteroatoms. The highest BCUT2D eigenvalue weighted by molar-refractivity contribution is 5.94. The molecule has 0 amide bonds. The monoisotopic (exact) mass is 221 g/mol. The lowest BCUT2D eigenvalue weighted by atomic mass is 10.00. The molecule has 1 aromatic rings. The molecule has 1 aliphatic heterocycles. The van der Waals surface area contributed by atoms with Crippen molar-refractivity contribution < 1.29 is 4.79 Å². The van der Waals surface area contributed by atoms with Gasteiger partial charge in [0, 0.05) is 19.2 Å². The minimum Gasteiger partial charge on any atom is -0.316 e. The Morgan fingerprint density at radius 2 is 2.56 bits per heavy atom. The van der Waals surface area contributed by atoms with Crippen LogP contribution < -0.4 is 5.32 Å². The Bertz CT molecular complexity index is 353. The molecule has 0 aliphatic carbocycles. The second-order valence-electron chi connectivity index (χ2n) is 4.35. The van der Waals surface area contributed by atoms with Crippen LogP contribution in [0.1, 0.15) is 36.7 Å². The molecule has 0 saturated carbocycles. The summed E-state index contributed by atoms with van der Waals surface area (Å²) in [5.41, 5.74) is 0.758. The lowest BCUT2D eigenvalue weighted by molar-refractivity contribution is 0.0964. The quantitative estimate of drug-likeness (QED) is 0.766. The summed E-state index contributed by atoms with van der Waals surface area (Å²) in [5.74, 6) is 0.910. The highest BCUT2D eigenvalue weighted by Gasteiger charge is 2.17. The average Bonchev–Trinajstić information content (AvgIpc) is 2.96. The van der Waals surface area contributed by atoms with Crippen LogP contribution in [-0.4, -0.2) is 28.7 Å². The maximum absolute atomic E-state index is 12.0. The van der Waals surface area contributed by atoms with Gasteiger partial charge in [0.1, 0.15) is 5.69 Å². The molecule has 0 bridgehead atoms. The van der Waals surface area contributed by atoms with E-state index in [0.717, 1.165) is 31.7 Å². The highest BCUT2D eigenvalue weighted by atomic mass is 16.1. The van der Waals surface area contributed by atoms with E-state index in [-0.39, 0.29) is 5.78 Å². The zero-order chi connectivity index (χ0) is 11.4. The summed E-state index contributed by atoms with van der Waals surface area (Å²) >= 11 is 0. The molecule has 1 unspecified atom stereocenters. The van der Waals surface area contributed by atoms with Crippen molar-refractivity contribution in [1.29, 1.82) is 0 Å². The number of carbonyl (C=O) groups is 1. The molecule has 0 aromatic carbocycles. The summed E-state index contributed by atoms with van der Waals surface area (Å²) < 4.78 is 1.77. The van der Waals surface area contributed by atoms with Gasteiger partial charge in [-0.15, -0.1) is 0 Å². The van der Waals surface area contributed by atoms with Gasteiger partial charge in [0.25, 0.3) is 0 Å². The van der Waals surface area contributed by atoms with E-state index < -0.39 is 0 Å². The van der Waals surface area contributed by atoms with Gasteiger partial charge in [-0.05, 0) is 44.8 Å². The Labute approximate surface area is 96.0 Å². The van der Waals surface area contributed by atoms with E-state index in [0.29, 0.717) is 12.3 Å². The van der Waals surface area contributed by atoms with Crippen molar-refractivity contribution in [3.8, 4) is 0 Å². The Kier molecular flexibility index (Phi) is 3.72. The SMILES string of the molecule is CCn1nccc1C(=O)CCC1CCNC1. The maximum atomic E-state index is 12.0. The van der Waals surface area contributed by atoms with Gasteiger partial charge in [-0.25, -0.2) is 0 Å². The van der Waals surface area contributed by atoms with Crippen LogP contribution in [0.3, 0.4) is 0 Å². The van der Waals surface area contributed by atoms with Crippen molar-refractivity contribution in [2.45, 2.75) is 32.7 Å². The Morgan fingerprint density at radius 1 is 1.69 bits per heavy atom. The number of hydrogen-bond acceptors (Lipinski definition) is 3. The Morgan fingerprint density at radius 3 is 3.25 bits per heavy atom. The minimum absolute atomic E-state index is 0.228. The molecule has 2 rings (SSSR count). The molecule has 1 aromatic heterocycles. The number of carbonyl (C=O) groups excluding carboxylic acids is 1. The molecule has 1 aliphatic rings. The molecular weight excluding hydrogens is 202 g/mol. The van der Waals surface area contributed by atoms with Gasteiger partial charge in [0.15, 0.2) is 5.78 Å². The van der Waals surface area contributed by atoms with Gasteiger partial charge in [0.05, 0.1) is 0 Å². The van der Waals surface area contributed by atoms with E-state index in [4.69, 9.17) is 0 Å². The Hall–Kier alpha value is -1.16. The number of rotatable bonds is 5. The van der Waals surface area contributed by atoms with E-state index in [2.05, 4.69) is 10.4 Å². The van der Waals surface area contributed by atoms with Crippen molar-refractivity contribution in [1.82, 2.24) is 15.1 Å². The van der Waals surface area contributed by atoms with Gasteiger partial charge in [-0.1, -0.05) is 0 Å². The van der Waals surface area contributed by atoms with Crippen molar-refractivity contribution in [3.63, 3.8) is 0 Å². The van der Waals surface area contributed by atoms with Gasteiger partial charge in [-0.3, -0.25) is 9.48 Å². The first-order valence-electron chi connectivity index (χ1n) is 6.07. The number of hydrogen-bond donors (Lipinski definition) is 1. The zero-order valence-electron chi connectivity index (χ0n) is 9.78. The summed E-state index contributed by atoms with van der Waals surface area (Å²) in [6, 6.07) is 1.82. The first-order chi connectivity index (χ1) is 7.81. The lowest BCUT2D eigenvalue weighted by Crippen LogP contribution is -2.13. The average molecular weight is 221 g/mol. The van der Waals surface area contributed by atoms with Gasteiger partial charge in [-0.2, -0.15) is 5.10 Å². The van der Waals surface area contributed by atoms with Crippen LogP contribution in [0.2, 0.25) is 0 Å². The first-order valence-corrected chi connectivity index (χ1v) is 6.07. The van der Waals surface area contributed by atoms with E-state index in [1.165, 1.54) is 6.42 Å². The van der Waals surface area contributed by atoms with Gasteiger partial charge < -0.3 is 5.32 Å². The third-order valence-electron chi connectivity index (χ3n) is 3.24. The van der Waals surface area contributed by atoms with E-state index in [1.54, 1.807) is 10.9 Å². The van der Waals surface area contributed by atoms with Crippen molar-refractivity contribution in [2.24, 2.45) is 5.92 Å². The molecule has 4 nitrogen and oxygen atoms in total. The molecule has 1 fully saturated rings. The number of aromatic nitrogens is 2. The lowest BCUT2D eigenvalue weighted by Gasteiger charge is -2.07. The van der Waals surface area contributed by atoms with Crippen LogP contribution in [0.25, 0.3) is 0 Å². The summed E-state index contributed by atoms with van der Waals surface area (Å²) in [7, 11) is 0. The third-order valence-corrected chi connectivity index (χ3v) is 3.24.